The third-order valence-corrected chi connectivity index (χ3v) is 3.24. The topological polar surface area (TPSA) is 103 Å². The van der Waals surface area contributed by atoms with Crippen LogP contribution in [0.1, 0.15) is 12.8 Å². The largest absolute Gasteiger partial charge is 0.469 e. The number of esters is 1. The van der Waals surface area contributed by atoms with Crippen molar-refractivity contribution in [2.45, 2.75) is 19.4 Å². The van der Waals surface area contributed by atoms with Crippen LogP contribution in [0.15, 0.2) is 6.20 Å². The number of hydrogen-bond acceptors (Lipinski definition) is 6. The average molecular weight is 267 g/mol. The van der Waals surface area contributed by atoms with Crippen LogP contribution in [0.25, 0.3) is 0 Å². The summed E-state index contributed by atoms with van der Waals surface area (Å²) in [5.74, 6) is -0.0578. The van der Waals surface area contributed by atoms with Crippen molar-refractivity contribution >= 4 is 17.7 Å². The number of rotatable bonds is 3. The number of nitrogen functional groups attached to an aromatic ring is 1. The van der Waals surface area contributed by atoms with Crippen molar-refractivity contribution in [1.29, 1.82) is 0 Å². The Morgan fingerprint density at radius 3 is 2.68 bits per heavy atom. The molecule has 1 aliphatic heterocycles. The Bertz CT molecular complexity index is 465. The molecular weight excluding hydrogens is 250 g/mol. The van der Waals surface area contributed by atoms with Gasteiger partial charge in [-0.05, 0) is 12.8 Å². The van der Waals surface area contributed by atoms with E-state index in [9.17, 15) is 9.59 Å². The molecule has 1 aromatic heterocycles. The number of likely N-dealkylation sites (tertiary alicyclic amines) is 1. The molecule has 19 heavy (non-hydrogen) atoms. The van der Waals surface area contributed by atoms with Crippen LogP contribution >= 0.6 is 0 Å². The molecule has 0 spiro atoms. The van der Waals surface area contributed by atoms with Crippen LogP contribution in [-0.2, 0) is 20.9 Å². The molecule has 1 aromatic rings. The van der Waals surface area contributed by atoms with Gasteiger partial charge in [-0.3, -0.25) is 9.59 Å². The highest BCUT2D eigenvalue weighted by atomic mass is 16.5. The maximum Gasteiger partial charge on any atom is 0.308 e. The van der Waals surface area contributed by atoms with Crippen LogP contribution in [0.3, 0.4) is 0 Å². The van der Waals surface area contributed by atoms with Crippen molar-refractivity contribution in [3.05, 3.63) is 6.20 Å². The minimum absolute atomic E-state index is 0.0479. The summed E-state index contributed by atoms with van der Waals surface area (Å²) < 4.78 is 6.11. The predicted molar refractivity (Wildman–Crippen MR) is 65.8 cm³/mol. The lowest BCUT2D eigenvalue weighted by Crippen LogP contribution is -2.42. The first-order valence-electron chi connectivity index (χ1n) is 6.11. The van der Waals surface area contributed by atoms with Crippen molar-refractivity contribution in [1.82, 2.24) is 19.9 Å². The maximum absolute atomic E-state index is 12.0. The second kappa shape index (κ2) is 5.68. The molecule has 104 valence electrons. The average Bonchev–Trinajstić information content (AvgIpc) is 2.83. The third-order valence-electron chi connectivity index (χ3n) is 3.24. The van der Waals surface area contributed by atoms with E-state index in [1.165, 1.54) is 18.0 Å². The highest BCUT2D eigenvalue weighted by molar-refractivity contribution is 5.77. The van der Waals surface area contributed by atoms with Crippen LogP contribution in [-0.4, -0.2) is 52.0 Å². The number of methoxy groups -OCH3 is 1. The fraction of sp³-hybridized carbons (Fsp3) is 0.636. The summed E-state index contributed by atoms with van der Waals surface area (Å²) in [6.07, 6.45) is 2.79. The van der Waals surface area contributed by atoms with E-state index >= 15 is 0 Å². The van der Waals surface area contributed by atoms with Gasteiger partial charge in [-0.1, -0.05) is 5.21 Å². The molecule has 2 rings (SSSR count). The molecule has 0 aliphatic carbocycles. The monoisotopic (exact) mass is 267 g/mol. The molecule has 0 unspecified atom stereocenters. The van der Waals surface area contributed by atoms with Crippen LogP contribution in [0, 0.1) is 5.92 Å². The maximum atomic E-state index is 12.0. The van der Waals surface area contributed by atoms with Crippen LogP contribution < -0.4 is 5.73 Å². The van der Waals surface area contributed by atoms with Gasteiger partial charge in [-0.25, -0.2) is 4.68 Å². The molecule has 8 nitrogen and oxygen atoms in total. The smallest absolute Gasteiger partial charge is 0.308 e. The van der Waals surface area contributed by atoms with Gasteiger partial charge in [0.2, 0.25) is 5.91 Å². The quantitative estimate of drug-likeness (QED) is 0.724. The summed E-state index contributed by atoms with van der Waals surface area (Å²) in [4.78, 5) is 25.1. The number of hydrogen-bond donors (Lipinski definition) is 1. The number of nitrogens with two attached hydrogens (primary N) is 1. The molecular formula is C11H17N5O3. The SMILES string of the molecule is COC(=O)C1CCN(C(=O)Cn2cc(N)nn2)CC1. The van der Waals surface area contributed by atoms with Gasteiger partial charge in [-0.2, -0.15) is 0 Å². The first-order chi connectivity index (χ1) is 9.10. The van der Waals surface area contributed by atoms with E-state index < -0.39 is 0 Å². The zero-order valence-corrected chi connectivity index (χ0v) is 10.8. The van der Waals surface area contributed by atoms with Crippen LogP contribution in [0.4, 0.5) is 5.82 Å². The number of nitrogens with zero attached hydrogens (tertiary/aromatic N) is 4. The molecule has 1 saturated heterocycles. The molecule has 2 heterocycles. The molecule has 1 fully saturated rings. The standard InChI is InChI=1S/C11H17N5O3/c1-19-11(18)8-2-4-15(5-3-8)10(17)7-16-6-9(12)13-14-16/h6,8H,2-5,7,12H2,1H3. The fourth-order valence-corrected chi connectivity index (χ4v) is 2.16. The van der Waals surface area contributed by atoms with Gasteiger partial charge in [0, 0.05) is 13.1 Å². The number of carbonyl (C=O) groups is 2. The van der Waals surface area contributed by atoms with Crippen molar-refractivity contribution in [2.24, 2.45) is 5.92 Å². The number of amides is 1. The lowest BCUT2D eigenvalue weighted by atomic mass is 9.97. The van der Waals surface area contributed by atoms with E-state index in [1.807, 2.05) is 0 Å². The van der Waals surface area contributed by atoms with Crippen molar-refractivity contribution in [3.8, 4) is 0 Å². The first-order valence-corrected chi connectivity index (χ1v) is 6.11. The molecule has 0 radical (unpaired) electrons. The van der Waals surface area contributed by atoms with Gasteiger partial charge < -0.3 is 15.4 Å². The Morgan fingerprint density at radius 1 is 1.47 bits per heavy atom. The number of aromatic nitrogens is 3. The normalized spacial score (nSPS) is 16.4. The summed E-state index contributed by atoms with van der Waals surface area (Å²) in [5, 5.41) is 7.35. The zero-order chi connectivity index (χ0) is 13.8. The minimum atomic E-state index is -0.198. The fourth-order valence-electron chi connectivity index (χ4n) is 2.16. The van der Waals surface area contributed by atoms with Gasteiger partial charge in [-0.15, -0.1) is 5.10 Å². The van der Waals surface area contributed by atoms with E-state index in [4.69, 9.17) is 10.5 Å². The number of carbonyl (C=O) groups excluding carboxylic acids is 2. The summed E-state index contributed by atoms with van der Waals surface area (Å²) in [6.45, 7) is 1.23. The van der Waals surface area contributed by atoms with Crippen molar-refractivity contribution < 1.29 is 14.3 Å². The molecule has 1 aliphatic rings. The van der Waals surface area contributed by atoms with E-state index in [0.717, 1.165) is 0 Å². The highest BCUT2D eigenvalue weighted by Gasteiger charge is 2.27. The Kier molecular flexibility index (Phi) is 3.98. The lowest BCUT2D eigenvalue weighted by Gasteiger charge is -2.30. The summed E-state index contributed by atoms with van der Waals surface area (Å²) in [5.41, 5.74) is 5.43. The van der Waals surface area contributed by atoms with Gasteiger partial charge in [0.1, 0.15) is 6.54 Å². The molecule has 1 amide bonds. The third kappa shape index (κ3) is 3.21. The number of ether oxygens (including phenoxy) is 1. The summed E-state index contributed by atoms with van der Waals surface area (Å²) >= 11 is 0. The van der Waals surface area contributed by atoms with Crippen molar-refractivity contribution in [3.63, 3.8) is 0 Å². The Labute approximate surface area is 110 Å². The van der Waals surface area contributed by atoms with Crippen LogP contribution in [0.2, 0.25) is 0 Å². The van der Waals surface area contributed by atoms with Gasteiger partial charge >= 0.3 is 5.97 Å². The second-order valence-corrected chi connectivity index (χ2v) is 4.52. The zero-order valence-electron chi connectivity index (χ0n) is 10.8. The molecule has 8 heteroatoms. The highest BCUT2D eigenvalue weighted by Crippen LogP contribution is 2.18. The summed E-state index contributed by atoms with van der Waals surface area (Å²) in [6, 6.07) is 0. The molecule has 0 saturated carbocycles. The number of piperidine rings is 1. The number of anilines is 1. The van der Waals surface area contributed by atoms with E-state index in [2.05, 4.69) is 10.3 Å². The molecule has 0 bridgehead atoms. The van der Waals surface area contributed by atoms with Gasteiger partial charge in [0.15, 0.2) is 5.82 Å². The van der Waals surface area contributed by atoms with Crippen LogP contribution in [0.5, 0.6) is 0 Å². The first kappa shape index (κ1) is 13.3. The van der Waals surface area contributed by atoms with Crippen molar-refractivity contribution in [2.75, 3.05) is 25.9 Å². The lowest BCUT2D eigenvalue weighted by molar-refractivity contribution is -0.149. The Hall–Kier alpha value is -2.12. The molecule has 0 atom stereocenters. The molecule has 0 aromatic carbocycles. The second-order valence-electron chi connectivity index (χ2n) is 4.52. The van der Waals surface area contributed by atoms with E-state index in [1.54, 1.807) is 4.90 Å². The Balaban J connectivity index is 1.84. The Morgan fingerprint density at radius 2 is 2.16 bits per heavy atom. The van der Waals surface area contributed by atoms with E-state index in [-0.39, 0.29) is 30.2 Å². The van der Waals surface area contributed by atoms with E-state index in [0.29, 0.717) is 25.9 Å². The summed E-state index contributed by atoms with van der Waals surface area (Å²) in [7, 11) is 1.38. The van der Waals surface area contributed by atoms with Gasteiger partial charge in [0.05, 0.1) is 19.2 Å². The van der Waals surface area contributed by atoms with Gasteiger partial charge in [0.25, 0.3) is 0 Å². The molecule has 2 N–H and O–H groups in total. The minimum Gasteiger partial charge on any atom is -0.469 e. The predicted octanol–water partition coefficient (Wildman–Crippen LogP) is -0.728.